The van der Waals surface area contributed by atoms with Crippen molar-refractivity contribution in [2.75, 3.05) is 11.5 Å². The lowest BCUT2D eigenvalue weighted by Crippen LogP contribution is -2.22. The van der Waals surface area contributed by atoms with Crippen molar-refractivity contribution in [1.29, 1.82) is 0 Å². The fourth-order valence-corrected chi connectivity index (χ4v) is 4.01. The number of carboxylic acid groups (broad SMARTS) is 1. The molecule has 2 aliphatic heterocycles. The first-order valence-corrected chi connectivity index (χ1v) is 7.63. The number of carbonyl (C=O) groups is 1. The summed E-state index contributed by atoms with van der Waals surface area (Å²) in [6.45, 7) is 0.811. The van der Waals surface area contributed by atoms with Crippen LogP contribution in [0.1, 0.15) is 36.8 Å². The lowest BCUT2D eigenvalue weighted by molar-refractivity contribution is -0.139. The van der Waals surface area contributed by atoms with Crippen LogP contribution in [0, 0.1) is 5.92 Å². The van der Waals surface area contributed by atoms with Crippen LogP contribution < -0.4 is 0 Å². The Labute approximate surface area is 110 Å². The predicted molar refractivity (Wildman–Crippen MR) is 68.8 cm³/mol. The Morgan fingerprint density at radius 3 is 3.11 bits per heavy atom. The number of aliphatic carboxylic acids is 1. The first kappa shape index (κ1) is 12.0. The van der Waals surface area contributed by atoms with E-state index < -0.39 is 11.9 Å². The largest absolute Gasteiger partial charge is 0.481 e. The van der Waals surface area contributed by atoms with E-state index >= 15 is 0 Å². The van der Waals surface area contributed by atoms with Crippen LogP contribution in [-0.2, 0) is 17.8 Å². The minimum absolute atomic E-state index is 0.460. The van der Waals surface area contributed by atoms with Crippen LogP contribution in [0.3, 0.4) is 0 Å². The second kappa shape index (κ2) is 4.91. The quantitative estimate of drug-likeness (QED) is 0.899. The summed E-state index contributed by atoms with van der Waals surface area (Å²) in [4.78, 5) is 15.7. The summed E-state index contributed by atoms with van der Waals surface area (Å²) in [7, 11) is 0. The van der Waals surface area contributed by atoms with E-state index in [9.17, 15) is 9.90 Å². The monoisotopic (exact) mass is 267 g/mol. The number of fused-ring (bicyclic) bond motifs is 1. The number of aromatic nitrogens is 3. The molecule has 98 valence electrons. The SMILES string of the molecule is O=C(O)C1CCCn2nc(CC3CCSC3)nc21. The molecule has 1 aromatic rings. The highest BCUT2D eigenvalue weighted by Gasteiger charge is 2.30. The summed E-state index contributed by atoms with van der Waals surface area (Å²) in [6, 6.07) is 0. The van der Waals surface area contributed by atoms with Crippen molar-refractivity contribution in [2.45, 2.75) is 38.1 Å². The lowest BCUT2D eigenvalue weighted by atomic mass is 9.99. The molecule has 0 spiro atoms. The van der Waals surface area contributed by atoms with E-state index in [1.54, 1.807) is 4.68 Å². The summed E-state index contributed by atoms with van der Waals surface area (Å²) in [5, 5.41) is 13.7. The van der Waals surface area contributed by atoms with Gasteiger partial charge >= 0.3 is 5.97 Å². The summed E-state index contributed by atoms with van der Waals surface area (Å²) in [5.41, 5.74) is 0. The molecule has 0 radical (unpaired) electrons. The second-order valence-electron chi connectivity index (χ2n) is 5.08. The molecule has 1 saturated heterocycles. The molecule has 3 rings (SSSR count). The van der Waals surface area contributed by atoms with Crippen LogP contribution in [0.25, 0.3) is 0 Å². The molecule has 1 fully saturated rings. The van der Waals surface area contributed by atoms with Gasteiger partial charge in [-0.2, -0.15) is 16.9 Å². The number of rotatable bonds is 3. The first-order chi connectivity index (χ1) is 8.74. The molecule has 0 saturated carbocycles. The Morgan fingerprint density at radius 2 is 2.39 bits per heavy atom. The normalized spacial score (nSPS) is 27.1. The molecule has 2 aliphatic rings. The van der Waals surface area contributed by atoms with Gasteiger partial charge in [0.05, 0.1) is 0 Å². The van der Waals surface area contributed by atoms with Gasteiger partial charge in [0, 0.05) is 13.0 Å². The average molecular weight is 267 g/mol. The van der Waals surface area contributed by atoms with Crippen LogP contribution in [0.5, 0.6) is 0 Å². The molecule has 5 nitrogen and oxygen atoms in total. The van der Waals surface area contributed by atoms with Gasteiger partial charge in [0.1, 0.15) is 11.7 Å². The number of aryl methyl sites for hydroxylation is 1. The minimum atomic E-state index is -0.772. The molecule has 0 bridgehead atoms. The molecule has 6 heteroatoms. The van der Waals surface area contributed by atoms with E-state index in [0.29, 0.717) is 18.2 Å². The number of nitrogens with zero attached hydrogens (tertiary/aromatic N) is 3. The molecule has 1 aromatic heterocycles. The highest BCUT2D eigenvalue weighted by Crippen LogP contribution is 2.28. The molecular formula is C12H17N3O2S. The Morgan fingerprint density at radius 1 is 1.50 bits per heavy atom. The van der Waals surface area contributed by atoms with Gasteiger partial charge in [-0.15, -0.1) is 0 Å². The summed E-state index contributed by atoms with van der Waals surface area (Å²) in [6.07, 6.45) is 3.70. The third kappa shape index (κ3) is 2.25. The van der Waals surface area contributed by atoms with Crippen molar-refractivity contribution in [3.63, 3.8) is 0 Å². The number of thioether (sulfide) groups is 1. The van der Waals surface area contributed by atoms with Gasteiger partial charge < -0.3 is 5.11 Å². The minimum Gasteiger partial charge on any atom is -0.481 e. The average Bonchev–Trinajstić information content (AvgIpc) is 2.96. The number of hydrogen-bond acceptors (Lipinski definition) is 4. The van der Waals surface area contributed by atoms with Crippen molar-refractivity contribution in [3.8, 4) is 0 Å². The molecule has 0 aromatic carbocycles. The van der Waals surface area contributed by atoms with Gasteiger partial charge in [0.2, 0.25) is 0 Å². The van der Waals surface area contributed by atoms with Crippen LogP contribution >= 0.6 is 11.8 Å². The third-order valence-corrected chi connectivity index (χ3v) is 4.94. The molecule has 2 atom stereocenters. The number of hydrogen-bond donors (Lipinski definition) is 1. The van der Waals surface area contributed by atoms with E-state index in [4.69, 9.17) is 0 Å². The maximum Gasteiger partial charge on any atom is 0.314 e. The van der Waals surface area contributed by atoms with Crippen LogP contribution in [-0.4, -0.2) is 37.3 Å². The maximum atomic E-state index is 11.2. The van der Waals surface area contributed by atoms with Crippen molar-refractivity contribution in [1.82, 2.24) is 14.8 Å². The van der Waals surface area contributed by atoms with E-state index in [0.717, 1.165) is 25.2 Å². The van der Waals surface area contributed by atoms with Crippen molar-refractivity contribution in [3.05, 3.63) is 11.6 Å². The standard InChI is InChI=1S/C12H17N3O2S/c16-12(17)9-2-1-4-15-11(9)13-10(14-15)6-8-3-5-18-7-8/h8-9H,1-7H2,(H,16,17). The maximum absolute atomic E-state index is 11.2. The van der Waals surface area contributed by atoms with E-state index in [1.807, 2.05) is 11.8 Å². The second-order valence-corrected chi connectivity index (χ2v) is 6.23. The zero-order chi connectivity index (χ0) is 12.5. The fourth-order valence-electron chi connectivity index (χ4n) is 2.72. The van der Waals surface area contributed by atoms with E-state index in [-0.39, 0.29) is 0 Å². The molecule has 3 heterocycles. The van der Waals surface area contributed by atoms with Gasteiger partial charge in [0.15, 0.2) is 5.82 Å². The summed E-state index contributed by atoms with van der Waals surface area (Å²) >= 11 is 1.99. The van der Waals surface area contributed by atoms with E-state index in [2.05, 4.69) is 10.1 Å². The Balaban J connectivity index is 1.79. The van der Waals surface area contributed by atoms with Crippen molar-refractivity contribution >= 4 is 17.7 Å². The molecule has 18 heavy (non-hydrogen) atoms. The first-order valence-electron chi connectivity index (χ1n) is 6.48. The van der Waals surface area contributed by atoms with Gasteiger partial charge in [0.25, 0.3) is 0 Å². The Bertz CT molecular complexity index is 454. The summed E-state index contributed by atoms with van der Waals surface area (Å²) in [5.74, 6) is 3.36. The Hall–Kier alpha value is -1.04. The van der Waals surface area contributed by atoms with Crippen LogP contribution in [0.4, 0.5) is 0 Å². The zero-order valence-corrected chi connectivity index (χ0v) is 11.0. The molecule has 0 aliphatic carbocycles. The topological polar surface area (TPSA) is 68.0 Å². The van der Waals surface area contributed by atoms with Crippen molar-refractivity contribution in [2.24, 2.45) is 5.92 Å². The van der Waals surface area contributed by atoms with Gasteiger partial charge in [-0.25, -0.2) is 9.67 Å². The molecular weight excluding hydrogens is 250 g/mol. The smallest absolute Gasteiger partial charge is 0.314 e. The van der Waals surface area contributed by atoms with E-state index in [1.165, 1.54) is 17.9 Å². The fraction of sp³-hybridized carbons (Fsp3) is 0.750. The van der Waals surface area contributed by atoms with Gasteiger partial charge in [-0.1, -0.05) is 0 Å². The zero-order valence-electron chi connectivity index (χ0n) is 10.2. The highest BCUT2D eigenvalue weighted by molar-refractivity contribution is 7.99. The Kier molecular flexibility index (Phi) is 3.28. The van der Waals surface area contributed by atoms with Crippen molar-refractivity contribution < 1.29 is 9.90 Å². The molecule has 2 unspecified atom stereocenters. The lowest BCUT2D eigenvalue weighted by Gasteiger charge is -2.17. The van der Waals surface area contributed by atoms with Gasteiger partial charge in [-0.3, -0.25) is 4.79 Å². The predicted octanol–water partition coefficient (Wildman–Crippen LogP) is 1.54. The molecule has 0 amide bonds. The summed E-state index contributed by atoms with van der Waals surface area (Å²) < 4.78 is 1.81. The van der Waals surface area contributed by atoms with Crippen LogP contribution in [0.15, 0.2) is 0 Å². The molecule has 1 N–H and O–H groups in total. The number of carboxylic acids is 1. The third-order valence-electron chi connectivity index (χ3n) is 3.71. The highest BCUT2D eigenvalue weighted by atomic mass is 32.2. The van der Waals surface area contributed by atoms with Crippen LogP contribution in [0.2, 0.25) is 0 Å². The van der Waals surface area contributed by atoms with Gasteiger partial charge in [-0.05, 0) is 36.7 Å².